The number of para-hydroxylation sites is 1. The number of piperazine rings is 1. The Morgan fingerprint density at radius 3 is 2.61 bits per heavy atom. The molecule has 0 spiro atoms. The molecule has 8 heteroatoms. The van der Waals surface area contributed by atoms with Crippen molar-refractivity contribution >= 4 is 45.9 Å². The third kappa shape index (κ3) is 4.40. The van der Waals surface area contributed by atoms with Crippen molar-refractivity contribution < 1.29 is 0 Å². The number of hydrogen-bond donors (Lipinski definition) is 1. The summed E-state index contributed by atoms with van der Waals surface area (Å²) in [6, 6.07) is 13.9. The van der Waals surface area contributed by atoms with Crippen LogP contribution < -0.4 is 10.2 Å². The summed E-state index contributed by atoms with van der Waals surface area (Å²) in [5.74, 6) is 1.65. The number of nitriles is 1. The zero-order valence-corrected chi connectivity index (χ0v) is 18.5. The topological polar surface area (TPSA) is 68.1 Å². The second-order valence-electron chi connectivity index (χ2n) is 8.10. The van der Waals surface area contributed by atoms with Crippen LogP contribution in [0.3, 0.4) is 0 Å². The molecule has 5 rings (SSSR count). The van der Waals surface area contributed by atoms with Gasteiger partial charge in [-0.05, 0) is 48.7 Å². The van der Waals surface area contributed by atoms with Gasteiger partial charge >= 0.3 is 0 Å². The Balaban J connectivity index is 1.37. The normalized spacial score (nSPS) is 17.0. The fourth-order valence-corrected chi connectivity index (χ4v) is 4.29. The van der Waals surface area contributed by atoms with Crippen molar-refractivity contribution in [3.8, 4) is 6.07 Å². The number of nitrogens with one attached hydrogen (secondary N) is 1. The van der Waals surface area contributed by atoms with Crippen LogP contribution in [0, 0.1) is 11.3 Å². The van der Waals surface area contributed by atoms with E-state index in [1.807, 2.05) is 30.3 Å². The van der Waals surface area contributed by atoms with Crippen LogP contribution in [0.1, 0.15) is 24.0 Å². The van der Waals surface area contributed by atoms with Crippen molar-refractivity contribution in [2.24, 2.45) is 0 Å². The Morgan fingerprint density at radius 1 is 1.06 bits per heavy atom. The average molecular weight is 453 g/mol. The average Bonchev–Trinajstić information content (AvgIpc) is 3.60. The highest BCUT2D eigenvalue weighted by molar-refractivity contribution is 6.33. The molecule has 0 unspecified atom stereocenters. The van der Waals surface area contributed by atoms with Gasteiger partial charge in [-0.15, -0.1) is 0 Å². The Morgan fingerprint density at radius 2 is 1.87 bits per heavy atom. The first-order valence-corrected chi connectivity index (χ1v) is 11.2. The smallest absolute Gasteiger partial charge is 0.172 e. The highest BCUT2D eigenvalue weighted by atomic mass is 35.5. The lowest BCUT2D eigenvalue weighted by atomic mass is 10.2. The molecule has 0 radical (unpaired) electrons. The summed E-state index contributed by atoms with van der Waals surface area (Å²) in [5, 5.41) is 14.4. The van der Waals surface area contributed by atoms with E-state index in [0.29, 0.717) is 22.1 Å². The van der Waals surface area contributed by atoms with E-state index in [2.05, 4.69) is 21.2 Å². The van der Waals surface area contributed by atoms with Gasteiger partial charge in [0.1, 0.15) is 11.6 Å². The number of anilines is 2. The molecule has 1 saturated heterocycles. The molecule has 1 aliphatic carbocycles. The van der Waals surface area contributed by atoms with Gasteiger partial charge in [0.25, 0.3) is 0 Å². The quantitative estimate of drug-likeness (QED) is 0.604. The second-order valence-corrected chi connectivity index (χ2v) is 8.94. The van der Waals surface area contributed by atoms with Crippen molar-refractivity contribution in [1.29, 1.82) is 5.26 Å². The first-order valence-electron chi connectivity index (χ1n) is 10.5. The van der Waals surface area contributed by atoms with Gasteiger partial charge in [0, 0.05) is 48.8 Å². The Kier molecular flexibility index (Phi) is 5.58. The Labute approximate surface area is 191 Å². The van der Waals surface area contributed by atoms with E-state index in [0.717, 1.165) is 73.3 Å². The van der Waals surface area contributed by atoms with Gasteiger partial charge in [-0.2, -0.15) is 5.26 Å². The number of halogens is 2. The third-order valence-corrected chi connectivity index (χ3v) is 6.39. The lowest BCUT2D eigenvalue weighted by Gasteiger charge is -2.36. The van der Waals surface area contributed by atoms with Crippen molar-refractivity contribution in [2.75, 3.05) is 36.4 Å². The molecule has 2 aromatic carbocycles. The highest BCUT2D eigenvalue weighted by Gasteiger charge is 2.27. The molecule has 158 valence electrons. The van der Waals surface area contributed by atoms with Crippen LogP contribution in [0.25, 0.3) is 11.0 Å². The van der Waals surface area contributed by atoms with Gasteiger partial charge in [0.05, 0.1) is 11.1 Å². The van der Waals surface area contributed by atoms with E-state index >= 15 is 0 Å². The number of benzene rings is 2. The molecule has 1 saturated carbocycles. The lowest BCUT2D eigenvalue weighted by Crippen LogP contribution is -2.46. The number of hydrogen-bond acceptors (Lipinski definition) is 6. The lowest BCUT2D eigenvalue weighted by molar-refractivity contribution is 0.249. The minimum absolute atomic E-state index is 0.450. The number of nitrogens with zero attached hydrogens (tertiary/aromatic N) is 5. The first-order chi connectivity index (χ1) is 15.1. The molecule has 0 amide bonds. The molecule has 2 aliphatic rings. The van der Waals surface area contributed by atoms with Gasteiger partial charge in [0.2, 0.25) is 0 Å². The summed E-state index contributed by atoms with van der Waals surface area (Å²) >= 11 is 12.5. The molecule has 1 aliphatic heterocycles. The summed E-state index contributed by atoms with van der Waals surface area (Å²) in [7, 11) is 0. The Hall–Kier alpha value is -2.59. The monoisotopic (exact) mass is 452 g/mol. The van der Waals surface area contributed by atoms with Gasteiger partial charge in [-0.1, -0.05) is 29.3 Å². The van der Waals surface area contributed by atoms with Crippen LogP contribution in [0.15, 0.2) is 36.4 Å². The first kappa shape index (κ1) is 20.3. The maximum absolute atomic E-state index is 9.45. The van der Waals surface area contributed by atoms with Crippen LogP contribution in [-0.4, -0.2) is 47.1 Å². The molecule has 1 aromatic heterocycles. The highest BCUT2D eigenvalue weighted by Crippen LogP contribution is 2.32. The van der Waals surface area contributed by atoms with Crippen LogP contribution >= 0.6 is 23.2 Å². The SMILES string of the molecule is N#Cc1cccc2nc(N3CCN(Cc4cc(Cl)ccc4Cl)CC3)c(NC3CC3)nc12. The van der Waals surface area contributed by atoms with E-state index in [1.165, 1.54) is 0 Å². The van der Waals surface area contributed by atoms with Crippen LogP contribution in [0.4, 0.5) is 11.6 Å². The van der Waals surface area contributed by atoms with Gasteiger partial charge in [0.15, 0.2) is 11.6 Å². The molecule has 1 N–H and O–H groups in total. The van der Waals surface area contributed by atoms with Crippen LogP contribution in [-0.2, 0) is 6.54 Å². The zero-order valence-electron chi connectivity index (χ0n) is 17.0. The van der Waals surface area contributed by atoms with Crippen molar-refractivity contribution in [2.45, 2.75) is 25.4 Å². The zero-order chi connectivity index (χ0) is 21.4. The van der Waals surface area contributed by atoms with E-state index in [1.54, 1.807) is 6.07 Å². The molecule has 2 fully saturated rings. The summed E-state index contributed by atoms with van der Waals surface area (Å²) in [5.41, 5.74) is 3.02. The fourth-order valence-electron chi connectivity index (χ4n) is 3.92. The maximum Gasteiger partial charge on any atom is 0.172 e. The van der Waals surface area contributed by atoms with E-state index in [-0.39, 0.29) is 0 Å². The van der Waals surface area contributed by atoms with Crippen molar-refractivity contribution in [1.82, 2.24) is 14.9 Å². The molecule has 31 heavy (non-hydrogen) atoms. The summed E-state index contributed by atoms with van der Waals surface area (Å²) < 4.78 is 0. The third-order valence-electron chi connectivity index (χ3n) is 5.79. The van der Waals surface area contributed by atoms with Gasteiger partial charge in [-0.25, -0.2) is 9.97 Å². The van der Waals surface area contributed by atoms with Crippen LogP contribution in [0.5, 0.6) is 0 Å². The minimum atomic E-state index is 0.450. The largest absolute Gasteiger partial charge is 0.364 e. The summed E-state index contributed by atoms with van der Waals surface area (Å²) in [6.45, 7) is 4.24. The number of aromatic nitrogens is 2. The molecule has 6 nitrogen and oxygen atoms in total. The fraction of sp³-hybridized carbons (Fsp3) is 0.348. The maximum atomic E-state index is 9.45. The minimum Gasteiger partial charge on any atom is -0.364 e. The van der Waals surface area contributed by atoms with Crippen molar-refractivity contribution in [3.05, 3.63) is 57.6 Å². The van der Waals surface area contributed by atoms with Crippen molar-refractivity contribution in [3.63, 3.8) is 0 Å². The molecular weight excluding hydrogens is 431 g/mol. The van der Waals surface area contributed by atoms with Gasteiger partial charge in [-0.3, -0.25) is 4.90 Å². The number of rotatable bonds is 5. The molecule has 2 heterocycles. The van der Waals surface area contributed by atoms with E-state index < -0.39 is 0 Å². The second kappa shape index (κ2) is 8.51. The summed E-state index contributed by atoms with van der Waals surface area (Å²) in [4.78, 5) is 14.4. The Bertz CT molecular complexity index is 1160. The van der Waals surface area contributed by atoms with E-state index in [4.69, 9.17) is 33.2 Å². The molecule has 0 bridgehead atoms. The van der Waals surface area contributed by atoms with Crippen LogP contribution in [0.2, 0.25) is 10.0 Å². The molecule has 3 aromatic rings. The summed E-state index contributed by atoms with van der Waals surface area (Å²) in [6.07, 6.45) is 2.29. The van der Waals surface area contributed by atoms with Gasteiger partial charge < -0.3 is 10.2 Å². The molecular formula is C23H22Cl2N6. The standard InChI is InChI=1S/C23H22Cl2N6/c24-17-4-7-19(25)16(12-17)14-30-8-10-31(11-9-30)23-22(27-18-5-6-18)29-21-15(13-26)2-1-3-20(21)28-23/h1-4,7,12,18H,5-6,8-11,14H2,(H,27,29). The molecule has 0 atom stereocenters. The predicted molar refractivity (Wildman–Crippen MR) is 125 cm³/mol. The predicted octanol–water partition coefficient (Wildman–Crippen LogP) is 4.70. The van der Waals surface area contributed by atoms with E-state index in [9.17, 15) is 5.26 Å². The number of fused-ring (bicyclic) bond motifs is 1.